The topological polar surface area (TPSA) is 96.0 Å². The summed E-state index contributed by atoms with van der Waals surface area (Å²) in [5.41, 5.74) is 0.421. The summed E-state index contributed by atoms with van der Waals surface area (Å²) in [7, 11) is 2.34. The molecule has 1 heterocycles. The van der Waals surface area contributed by atoms with Crippen molar-refractivity contribution in [2.75, 3.05) is 19.4 Å². The van der Waals surface area contributed by atoms with Gasteiger partial charge in [-0.2, -0.15) is 13.2 Å². The molecular weight excluding hydrogens is 443 g/mol. The van der Waals surface area contributed by atoms with Gasteiger partial charge in [0.05, 0.1) is 5.56 Å². The Hall–Kier alpha value is -3.89. The van der Waals surface area contributed by atoms with Crippen molar-refractivity contribution in [1.29, 1.82) is 0 Å². The molecular formula is C22H20F3N3O5. The molecule has 5 amide bonds. The molecule has 1 N–H and O–H groups in total. The standard InChI is InChI=1S/C22H20F3N3O5/c1-11-8-15(33-14-7-5-6-13(10-14)22(23,24)25)9-12(2)17(11)26-18(29)16-19(30)27(3)21(32)28(4)20(16)31/h5-10,16H,1-4H3,(H,26,29). The van der Waals surface area contributed by atoms with E-state index in [1.807, 2.05) is 0 Å². The minimum atomic E-state index is -4.51. The molecule has 1 saturated heterocycles. The second kappa shape index (κ2) is 8.57. The van der Waals surface area contributed by atoms with Gasteiger partial charge in [0.2, 0.25) is 5.91 Å². The molecule has 0 radical (unpaired) electrons. The van der Waals surface area contributed by atoms with Crippen LogP contribution in [0.5, 0.6) is 11.5 Å². The molecule has 3 rings (SSSR count). The molecule has 0 bridgehead atoms. The lowest BCUT2D eigenvalue weighted by Crippen LogP contribution is -2.59. The SMILES string of the molecule is Cc1cc(Oc2cccc(C(F)(F)F)c2)cc(C)c1NC(=O)C1C(=O)N(C)C(=O)N(C)C1=O. The predicted molar refractivity (Wildman–Crippen MR) is 110 cm³/mol. The molecule has 0 unspecified atom stereocenters. The zero-order valence-corrected chi connectivity index (χ0v) is 18.1. The molecule has 0 spiro atoms. The maximum atomic E-state index is 12.9. The maximum Gasteiger partial charge on any atom is 0.416 e. The van der Waals surface area contributed by atoms with Crippen LogP contribution in [-0.4, -0.2) is 47.6 Å². The fraction of sp³-hybridized carbons (Fsp3) is 0.273. The number of anilines is 1. The monoisotopic (exact) mass is 463 g/mol. The fourth-order valence-corrected chi connectivity index (χ4v) is 3.38. The first-order valence-corrected chi connectivity index (χ1v) is 9.67. The summed E-state index contributed by atoms with van der Waals surface area (Å²) in [6, 6.07) is 6.56. The van der Waals surface area contributed by atoms with Crippen molar-refractivity contribution in [3.63, 3.8) is 0 Å². The third kappa shape index (κ3) is 4.66. The van der Waals surface area contributed by atoms with Crippen molar-refractivity contribution in [2.45, 2.75) is 20.0 Å². The van der Waals surface area contributed by atoms with Crippen LogP contribution in [-0.2, 0) is 20.6 Å². The number of rotatable bonds is 4. The van der Waals surface area contributed by atoms with Crippen LogP contribution in [0.1, 0.15) is 16.7 Å². The number of hydrogen-bond donors (Lipinski definition) is 1. The molecule has 0 aromatic heterocycles. The third-order valence-corrected chi connectivity index (χ3v) is 5.14. The van der Waals surface area contributed by atoms with Crippen LogP contribution in [0.4, 0.5) is 23.7 Å². The Kier molecular flexibility index (Phi) is 6.17. The molecule has 2 aromatic carbocycles. The first-order valence-electron chi connectivity index (χ1n) is 9.67. The summed E-state index contributed by atoms with van der Waals surface area (Å²) in [4.78, 5) is 50.7. The van der Waals surface area contributed by atoms with Crippen LogP contribution in [0.3, 0.4) is 0 Å². The largest absolute Gasteiger partial charge is 0.457 e. The molecule has 1 aliphatic heterocycles. The Morgan fingerprint density at radius 2 is 1.48 bits per heavy atom. The van der Waals surface area contributed by atoms with E-state index in [0.717, 1.165) is 12.1 Å². The van der Waals surface area contributed by atoms with Crippen molar-refractivity contribution < 1.29 is 37.1 Å². The van der Waals surface area contributed by atoms with Gasteiger partial charge in [0, 0.05) is 19.8 Å². The van der Waals surface area contributed by atoms with Crippen molar-refractivity contribution in [2.24, 2.45) is 5.92 Å². The van der Waals surface area contributed by atoms with Gasteiger partial charge in [0.1, 0.15) is 11.5 Å². The quantitative estimate of drug-likeness (QED) is 0.698. The molecule has 8 nitrogen and oxygen atoms in total. The van der Waals surface area contributed by atoms with E-state index >= 15 is 0 Å². The number of amides is 5. The Balaban J connectivity index is 1.82. The van der Waals surface area contributed by atoms with Crippen LogP contribution in [0, 0.1) is 19.8 Å². The number of carbonyl (C=O) groups excluding carboxylic acids is 4. The Bertz CT molecular complexity index is 1120. The van der Waals surface area contributed by atoms with E-state index in [-0.39, 0.29) is 11.5 Å². The van der Waals surface area contributed by atoms with Crippen molar-refractivity contribution >= 4 is 29.4 Å². The minimum absolute atomic E-state index is 0.0189. The van der Waals surface area contributed by atoms with E-state index in [4.69, 9.17) is 4.74 Å². The number of imide groups is 2. The van der Waals surface area contributed by atoms with Crippen molar-refractivity contribution in [3.8, 4) is 11.5 Å². The van der Waals surface area contributed by atoms with Gasteiger partial charge in [-0.1, -0.05) is 6.07 Å². The van der Waals surface area contributed by atoms with E-state index in [9.17, 15) is 32.3 Å². The highest BCUT2D eigenvalue weighted by Gasteiger charge is 2.46. The first kappa shape index (κ1) is 23.8. The molecule has 0 atom stereocenters. The summed E-state index contributed by atoms with van der Waals surface area (Å²) < 4.78 is 44.3. The second-order valence-corrected chi connectivity index (χ2v) is 7.56. The van der Waals surface area contributed by atoms with Gasteiger partial charge in [-0.15, -0.1) is 0 Å². The lowest BCUT2D eigenvalue weighted by atomic mass is 10.0. The summed E-state index contributed by atoms with van der Waals surface area (Å²) in [6.45, 7) is 3.24. The molecule has 11 heteroatoms. The van der Waals surface area contributed by atoms with Crippen LogP contribution in [0.2, 0.25) is 0 Å². The van der Waals surface area contributed by atoms with Gasteiger partial charge >= 0.3 is 12.2 Å². The van der Waals surface area contributed by atoms with Crippen molar-refractivity contribution in [3.05, 3.63) is 53.1 Å². The highest BCUT2D eigenvalue weighted by molar-refractivity contribution is 6.28. The van der Waals surface area contributed by atoms with Gasteiger partial charge in [-0.25, -0.2) is 4.79 Å². The predicted octanol–water partition coefficient (Wildman–Crippen LogP) is 3.72. The summed E-state index contributed by atoms with van der Waals surface area (Å²) in [5.74, 6) is -4.31. The van der Waals surface area contributed by atoms with E-state index < -0.39 is 41.4 Å². The Morgan fingerprint density at radius 3 is 2.00 bits per heavy atom. The summed E-state index contributed by atoms with van der Waals surface area (Å²) >= 11 is 0. The minimum Gasteiger partial charge on any atom is -0.457 e. The molecule has 33 heavy (non-hydrogen) atoms. The lowest BCUT2D eigenvalue weighted by Gasteiger charge is -2.32. The molecule has 0 saturated carbocycles. The number of nitrogens with zero attached hydrogens (tertiary/aromatic N) is 2. The number of urea groups is 1. The van der Waals surface area contributed by atoms with Gasteiger partial charge in [0.25, 0.3) is 11.8 Å². The number of aryl methyl sites for hydroxylation is 2. The highest BCUT2D eigenvalue weighted by Crippen LogP contribution is 2.34. The number of ether oxygens (including phenoxy) is 1. The number of nitrogens with one attached hydrogen (secondary N) is 1. The normalized spacial score (nSPS) is 15.2. The zero-order chi connectivity index (χ0) is 24.7. The number of barbiturate groups is 1. The number of hydrogen-bond acceptors (Lipinski definition) is 5. The van der Waals surface area contributed by atoms with Crippen LogP contribution < -0.4 is 10.1 Å². The molecule has 0 aliphatic carbocycles. The average Bonchev–Trinajstić information content (AvgIpc) is 2.73. The first-order chi connectivity index (χ1) is 15.3. The number of alkyl halides is 3. The van der Waals surface area contributed by atoms with Crippen molar-refractivity contribution in [1.82, 2.24) is 9.80 Å². The third-order valence-electron chi connectivity index (χ3n) is 5.14. The lowest BCUT2D eigenvalue weighted by molar-refractivity contribution is -0.151. The van der Waals surface area contributed by atoms with Gasteiger partial charge in [0.15, 0.2) is 5.92 Å². The molecule has 1 fully saturated rings. The molecule has 174 valence electrons. The molecule has 2 aromatic rings. The smallest absolute Gasteiger partial charge is 0.416 e. The highest BCUT2D eigenvalue weighted by atomic mass is 19.4. The van der Waals surface area contributed by atoms with Crippen LogP contribution in [0.25, 0.3) is 0 Å². The average molecular weight is 463 g/mol. The number of halogens is 3. The van der Waals surface area contributed by atoms with Crippen LogP contribution in [0.15, 0.2) is 36.4 Å². The number of carbonyl (C=O) groups is 4. The molecule has 1 aliphatic rings. The summed E-state index contributed by atoms with van der Waals surface area (Å²) in [6.07, 6.45) is -4.51. The van der Waals surface area contributed by atoms with E-state index in [1.165, 1.54) is 38.4 Å². The fourth-order valence-electron chi connectivity index (χ4n) is 3.38. The van der Waals surface area contributed by atoms with E-state index in [0.29, 0.717) is 26.6 Å². The maximum absolute atomic E-state index is 12.9. The second-order valence-electron chi connectivity index (χ2n) is 7.56. The summed E-state index contributed by atoms with van der Waals surface area (Å²) in [5, 5.41) is 2.54. The Morgan fingerprint density at radius 1 is 0.939 bits per heavy atom. The van der Waals surface area contributed by atoms with Gasteiger partial charge in [-0.05, 0) is 55.3 Å². The van der Waals surface area contributed by atoms with Gasteiger partial charge < -0.3 is 10.1 Å². The van der Waals surface area contributed by atoms with E-state index in [1.54, 1.807) is 13.8 Å². The van der Waals surface area contributed by atoms with Gasteiger partial charge in [-0.3, -0.25) is 24.2 Å². The number of benzene rings is 2. The Labute approximate surface area is 186 Å². The van der Waals surface area contributed by atoms with Crippen LogP contribution >= 0.6 is 0 Å². The van der Waals surface area contributed by atoms with E-state index in [2.05, 4.69) is 5.32 Å². The zero-order valence-electron chi connectivity index (χ0n) is 18.1.